The normalized spacial score (nSPS) is 14.5. The van der Waals surface area contributed by atoms with E-state index in [1.165, 1.54) is 54.5 Å². The average Bonchev–Trinajstić information content (AvgIpc) is 3.41. The first kappa shape index (κ1) is 21.9. The Kier molecular flexibility index (Phi) is 6.05. The molecule has 0 radical (unpaired) electrons. The monoisotopic (exact) mass is 439 g/mol. The fourth-order valence-corrected chi connectivity index (χ4v) is 5.50. The van der Waals surface area contributed by atoms with Gasteiger partial charge < -0.3 is 4.42 Å². The predicted octanol–water partition coefficient (Wildman–Crippen LogP) is 7.51. The Morgan fingerprint density at radius 2 is 1.91 bits per heavy atom. The Balaban J connectivity index is 1.75. The number of pyridine rings is 2. The second kappa shape index (κ2) is 9.13. The van der Waals surface area contributed by atoms with Gasteiger partial charge in [0.1, 0.15) is 0 Å². The van der Waals surface area contributed by atoms with Crippen LogP contribution in [-0.2, 0) is 19.4 Å². The first-order valence-electron chi connectivity index (χ1n) is 12.5. The number of allylic oxidation sites excluding steroid dienone is 1. The lowest BCUT2D eigenvalue weighted by Gasteiger charge is -2.13. The van der Waals surface area contributed by atoms with Crippen molar-refractivity contribution < 1.29 is 8.98 Å². The topological polar surface area (TPSA) is 29.9 Å². The summed E-state index contributed by atoms with van der Waals surface area (Å²) in [5.41, 5.74) is 9.05. The zero-order chi connectivity index (χ0) is 22.9. The molecule has 1 aromatic carbocycles. The van der Waals surface area contributed by atoms with Crippen LogP contribution in [0.3, 0.4) is 0 Å². The maximum atomic E-state index is 6.49. The van der Waals surface area contributed by atoms with Crippen molar-refractivity contribution in [2.24, 2.45) is 5.92 Å². The molecule has 5 rings (SSSR count). The third-order valence-electron chi connectivity index (χ3n) is 7.05. The van der Waals surface area contributed by atoms with Crippen LogP contribution in [0.25, 0.3) is 33.3 Å². The van der Waals surface area contributed by atoms with E-state index in [0.717, 1.165) is 58.6 Å². The molecule has 0 unspecified atom stereocenters. The SMILES string of the molecule is C=C(C)C[n+]1ccc(CC2CCCC2)cc1-c1c(CCC)ccc2c1oc1nc(C)ccc12. The number of rotatable bonds is 7. The Morgan fingerprint density at radius 3 is 2.67 bits per heavy atom. The molecular weight excluding hydrogens is 404 g/mol. The van der Waals surface area contributed by atoms with Crippen LogP contribution in [-0.4, -0.2) is 4.98 Å². The van der Waals surface area contributed by atoms with Gasteiger partial charge in [-0.05, 0) is 61.4 Å². The molecule has 3 nitrogen and oxygen atoms in total. The fourth-order valence-electron chi connectivity index (χ4n) is 5.50. The molecule has 1 fully saturated rings. The van der Waals surface area contributed by atoms with E-state index in [2.05, 4.69) is 67.6 Å². The Morgan fingerprint density at radius 1 is 1.12 bits per heavy atom. The Labute approximate surface area is 197 Å². The number of hydrogen-bond donors (Lipinski definition) is 0. The maximum absolute atomic E-state index is 6.49. The van der Waals surface area contributed by atoms with Gasteiger partial charge in [0.2, 0.25) is 11.4 Å². The lowest BCUT2D eigenvalue weighted by molar-refractivity contribution is -0.678. The zero-order valence-electron chi connectivity index (χ0n) is 20.3. The van der Waals surface area contributed by atoms with Gasteiger partial charge in [-0.1, -0.05) is 57.7 Å². The fraction of sp³-hybridized carbons (Fsp3) is 0.400. The summed E-state index contributed by atoms with van der Waals surface area (Å²) in [6.07, 6.45) is 11.0. The average molecular weight is 440 g/mol. The van der Waals surface area contributed by atoms with E-state index in [0.29, 0.717) is 0 Å². The molecule has 1 saturated carbocycles. The standard InChI is InChI=1S/C30H35N2O/c1-5-8-24-12-14-25-26-13-11-21(4)31-30(26)33-29(25)28(24)27-18-23(17-22-9-6-7-10-22)15-16-32(27)19-20(2)3/h11-16,18,22H,2,5-10,17,19H2,1,3-4H3/q+1. The highest BCUT2D eigenvalue weighted by atomic mass is 16.3. The summed E-state index contributed by atoms with van der Waals surface area (Å²) in [6.45, 7) is 11.4. The van der Waals surface area contributed by atoms with E-state index in [4.69, 9.17) is 9.40 Å². The third kappa shape index (κ3) is 4.34. The third-order valence-corrected chi connectivity index (χ3v) is 7.05. The van der Waals surface area contributed by atoms with E-state index in [1.54, 1.807) is 0 Å². The maximum Gasteiger partial charge on any atom is 0.227 e. The molecule has 3 aromatic heterocycles. The molecule has 0 amide bonds. The van der Waals surface area contributed by atoms with E-state index < -0.39 is 0 Å². The van der Waals surface area contributed by atoms with Crippen LogP contribution in [0, 0.1) is 12.8 Å². The molecule has 4 aromatic rings. The summed E-state index contributed by atoms with van der Waals surface area (Å²) in [4.78, 5) is 4.69. The molecule has 3 heterocycles. The van der Waals surface area contributed by atoms with Crippen LogP contribution < -0.4 is 4.57 Å². The number of benzene rings is 1. The number of aromatic nitrogens is 2. The molecule has 0 bridgehead atoms. The van der Waals surface area contributed by atoms with Crippen molar-refractivity contribution in [3.63, 3.8) is 0 Å². The van der Waals surface area contributed by atoms with Crippen LogP contribution in [0.5, 0.6) is 0 Å². The van der Waals surface area contributed by atoms with Crippen molar-refractivity contribution in [2.45, 2.75) is 72.3 Å². The minimum atomic E-state index is 0.730. The van der Waals surface area contributed by atoms with Gasteiger partial charge in [0.25, 0.3) is 0 Å². The van der Waals surface area contributed by atoms with Crippen LogP contribution in [0.15, 0.2) is 59.2 Å². The predicted molar refractivity (Wildman–Crippen MR) is 136 cm³/mol. The van der Waals surface area contributed by atoms with Gasteiger partial charge in [0, 0.05) is 28.6 Å². The second-order valence-corrected chi connectivity index (χ2v) is 9.99. The lowest BCUT2D eigenvalue weighted by atomic mass is 9.93. The van der Waals surface area contributed by atoms with Gasteiger partial charge in [0.15, 0.2) is 18.3 Å². The Bertz CT molecular complexity index is 1320. The molecule has 33 heavy (non-hydrogen) atoms. The smallest absolute Gasteiger partial charge is 0.227 e. The number of furan rings is 1. The first-order chi connectivity index (χ1) is 16.0. The van der Waals surface area contributed by atoms with E-state index >= 15 is 0 Å². The molecule has 3 heteroatoms. The largest absolute Gasteiger partial charge is 0.437 e. The molecule has 170 valence electrons. The van der Waals surface area contributed by atoms with Gasteiger partial charge in [0.05, 0.1) is 5.56 Å². The summed E-state index contributed by atoms with van der Waals surface area (Å²) < 4.78 is 8.84. The van der Waals surface area contributed by atoms with Crippen molar-refractivity contribution >= 4 is 22.1 Å². The molecule has 0 aliphatic heterocycles. The summed E-state index contributed by atoms with van der Waals surface area (Å²) >= 11 is 0. The Hall–Kier alpha value is -2.94. The van der Waals surface area contributed by atoms with Crippen molar-refractivity contribution in [3.05, 3.63) is 71.6 Å². The molecule has 0 atom stereocenters. The van der Waals surface area contributed by atoms with E-state index in [1.807, 2.05) is 6.92 Å². The number of hydrogen-bond acceptors (Lipinski definition) is 2. The highest BCUT2D eigenvalue weighted by Gasteiger charge is 2.25. The molecular formula is C30H35N2O+. The summed E-state index contributed by atoms with van der Waals surface area (Å²) in [5.74, 6) is 0.819. The quantitative estimate of drug-likeness (QED) is 0.220. The minimum Gasteiger partial charge on any atom is -0.437 e. The van der Waals surface area contributed by atoms with Crippen LogP contribution in [0.2, 0.25) is 0 Å². The van der Waals surface area contributed by atoms with Gasteiger partial charge in [-0.25, -0.2) is 4.98 Å². The molecule has 0 spiro atoms. The van der Waals surface area contributed by atoms with Crippen molar-refractivity contribution in [1.29, 1.82) is 0 Å². The second-order valence-electron chi connectivity index (χ2n) is 9.99. The van der Waals surface area contributed by atoms with Crippen LogP contribution in [0.4, 0.5) is 0 Å². The minimum absolute atomic E-state index is 0.730. The van der Waals surface area contributed by atoms with Gasteiger partial charge >= 0.3 is 0 Å². The number of aryl methyl sites for hydroxylation is 2. The van der Waals surface area contributed by atoms with Crippen molar-refractivity contribution in [3.8, 4) is 11.3 Å². The highest BCUT2D eigenvalue weighted by molar-refractivity contribution is 6.08. The van der Waals surface area contributed by atoms with Crippen molar-refractivity contribution in [2.75, 3.05) is 0 Å². The molecule has 0 N–H and O–H groups in total. The zero-order valence-corrected chi connectivity index (χ0v) is 20.3. The molecule has 1 aliphatic rings. The molecule has 0 saturated heterocycles. The van der Waals surface area contributed by atoms with E-state index in [-0.39, 0.29) is 0 Å². The number of nitrogens with zero attached hydrogens (tertiary/aromatic N) is 2. The van der Waals surface area contributed by atoms with Crippen molar-refractivity contribution in [1.82, 2.24) is 4.98 Å². The first-order valence-corrected chi connectivity index (χ1v) is 12.5. The van der Waals surface area contributed by atoms with Crippen LogP contribution >= 0.6 is 0 Å². The van der Waals surface area contributed by atoms with Gasteiger partial charge in [-0.2, -0.15) is 4.57 Å². The van der Waals surface area contributed by atoms with E-state index in [9.17, 15) is 0 Å². The summed E-state index contributed by atoms with van der Waals surface area (Å²) in [6, 6.07) is 13.5. The lowest BCUT2D eigenvalue weighted by Crippen LogP contribution is -2.37. The van der Waals surface area contributed by atoms with Gasteiger partial charge in [-0.15, -0.1) is 0 Å². The highest BCUT2D eigenvalue weighted by Crippen LogP contribution is 2.38. The summed E-state index contributed by atoms with van der Waals surface area (Å²) in [5, 5.41) is 2.24. The van der Waals surface area contributed by atoms with Gasteiger partial charge in [-0.3, -0.25) is 0 Å². The van der Waals surface area contributed by atoms with Crippen LogP contribution in [0.1, 0.15) is 62.8 Å². The summed E-state index contributed by atoms with van der Waals surface area (Å²) in [7, 11) is 0. The molecule has 1 aliphatic carbocycles. The number of fused-ring (bicyclic) bond motifs is 3.